The molecule has 0 aliphatic carbocycles. The molecule has 1 aliphatic rings. The third kappa shape index (κ3) is 4.53. The second kappa shape index (κ2) is 7.42. The van der Waals surface area contributed by atoms with E-state index in [1.165, 1.54) is 0 Å². The van der Waals surface area contributed by atoms with Gasteiger partial charge in [-0.1, -0.05) is 13.0 Å². The minimum Gasteiger partial charge on any atom is -0.393 e. The van der Waals surface area contributed by atoms with E-state index in [1.54, 1.807) is 24.0 Å². The number of carbonyl (C=O) groups excluding carboxylic acids is 1. The van der Waals surface area contributed by atoms with Crippen molar-refractivity contribution in [1.82, 2.24) is 9.62 Å². The van der Waals surface area contributed by atoms with Gasteiger partial charge in [0.05, 0.1) is 11.0 Å². The highest BCUT2D eigenvalue weighted by Crippen LogP contribution is 2.23. The van der Waals surface area contributed by atoms with Gasteiger partial charge in [0.2, 0.25) is 15.9 Å². The van der Waals surface area contributed by atoms with Gasteiger partial charge >= 0.3 is 0 Å². The largest absolute Gasteiger partial charge is 0.393 e. The van der Waals surface area contributed by atoms with Crippen LogP contribution in [0.15, 0.2) is 23.1 Å². The lowest BCUT2D eigenvalue weighted by atomic mass is 10.00. The predicted molar refractivity (Wildman–Crippen MR) is 87.3 cm³/mol. The second-order valence-corrected chi connectivity index (χ2v) is 7.65. The third-order valence-corrected chi connectivity index (χ3v) is 5.47. The number of nitrogens with one attached hydrogen (secondary N) is 1. The molecule has 23 heavy (non-hydrogen) atoms. The van der Waals surface area contributed by atoms with E-state index >= 15 is 0 Å². The van der Waals surface area contributed by atoms with Crippen LogP contribution >= 0.6 is 0 Å². The first-order valence-electron chi connectivity index (χ1n) is 7.90. The molecule has 1 aliphatic heterocycles. The van der Waals surface area contributed by atoms with Crippen LogP contribution in [0.4, 0.5) is 0 Å². The van der Waals surface area contributed by atoms with Crippen molar-refractivity contribution < 1.29 is 18.3 Å². The maximum absolute atomic E-state index is 12.3. The molecule has 0 bridgehead atoms. The molecule has 1 heterocycles. The van der Waals surface area contributed by atoms with Gasteiger partial charge in [0, 0.05) is 26.1 Å². The number of fused-ring (bicyclic) bond motifs is 1. The molecule has 2 rings (SSSR count). The van der Waals surface area contributed by atoms with Crippen molar-refractivity contribution >= 4 is 15.9 Å². The Hall–Kier alpha value is -1.44. The lowest BCUT2D eigenvalue weighted by Gasteiger charge is -2.29. The maximum Gasteiger partial charge on any atom is 0.240 e. The van der Waals surface area contributed by atoms with E-state index in [2.05, 4.69) is 4.72 Å². The minimum absolute atomic E-state index is 0.0824. The number of nitrogens with zero attached hydrogens (tertiary/aromatic N) is 1. The average Bonchev–Trinajstić information content (AvgIpc) is 2.52. The highest BCUT2D eigenvalue weighted by Gasteiger charge is 2.22. The summed E-state index contributed by atoms with van der Waals surface area (Å²) in [4.78, 5) is 13.8. The Morgan fingerprint density at radius 2 is 2.13 bits per heavy atom. The third-order valence-electron chi connectivity index (χ3n) is 4.01. The van der Waals surface area contributed by atoms with E-state index in [9.17, 15) is 18.3 Å². The molecule has 7 heteroatoms. The first-order valence-corrected chi connectivity index (χ1v) is 9.39. The molecular weight excluding hydrogens is 316 g/mol. The Bertz CT molecular complexity index is 671. The number of benzene rings is 1. The first kappa shape index (κ1) is 17.9. The molecule has 0 unspecified atom stereocenters. The fraction of sp³-hybridized carbons (Fsp3) is 0.562. The number of aliphatic hydroxyl groups excluding tert-OH is 1. The standard InChI is InChI=1S/C16H24N2O4S/c1-3-16(20)18-9-7-13-4-5-15(10-14(13)11-18)23(21,22)17-8-6-12(2)19/h4-5,10,12,17,19H,3,6-9,11H2,1-2H3/t12-/m0/s1. The van der Waals surface area contributed by atoms with Gasteiger partial charge in [-0.25, -0.2) is 13.1 Å². The van der Waals surface area contributed by atoms with Gasteiger partial charge < -0.3 is 10.0 Å². The molecule has 0 saturated heterocycles. The molecule has 1 aromatic rings. The molecule has 1 aromatic carbocycles. The summed E-state index contributed by atoms with van der Waals surface area (Å²) in [7, 11) is -3.60. The smallest absolute Gasteiger partial charge is 0.240 e. The molecule has 0 aromatic heterocycles. The van der Waals surface area contributed by atoms with Crippen molar-refractivity contribution in [3.63, 3.8) is 0 Å². The lowest BCUT2D eigenvalue weighted by Crippen LogP contribution is -2.35. The van der Waals surface area contributed by atoms with Crippen LogP contribution in [0.2, 0.25) is 0 Å². The molecule has 0 fully saturated rings. The Morgan fingerprint density at radius 3 is 2.78 bits per heavy atom. The van der Waals surface area contributed by atoms with E-state index in [4.69, 9.17) is 0 Å². The van der Waals surface area contributed by atoms with Crippen molar-refractivity contribution in [2.75, 3.05) is 13.1 Å². The van der Waals surface area contributed by atoms with E-state index in [0.717, 1.165) is 17.5 Å². The number of carbonyl (C=O) groups is 1. The molecule has 128 valence electrons. The topological polar surface area (TPSA) is 86.7 Å². The fourth-order valence-electron chi connectivity index (χ4n) is 2.62. The summed E-state index contributed by atoms with van der Waals surface area (Å²) >= 11 is 0. The van der Waals surface area contributed by atoms with Crippen LogP contribution in [-0.2, 0) is 27.8 Å². The zero-order valence-corrected chi connectivity index (χ0v) is 14.4. The number of hydrogen-bond donors (Lipinski definition) is 2. The summed E-state index contributed by atoms with van der Waals surface area (Å²) < 4.78 is 27.1. The summed E-state index contributed by atoms with van der Waals surface area (Å²) in [6.45, 7) is 4.77. The Balaban J connectivity index is 2.15. The second-order valence-electron chi connectivity index (χ2n) is 5.88. The summed E-state index contributed by atoms with van der Waals surface area (Å²) in [6, 6.07) is 5.07. The van der Waals surface area contributed by atoms with Crippen LogP contribution in [0.3, 0.4) is 0 Å². The van der Waals surface area contributed by atoms with Crippen LogP contribution in [0.1, 0.15) is 37.8 Å². The zero-order valence-electron chi connectivity index (χ0n) is 13.6. The Morgan fingerprint density at radius 1 is 1.39 bits per heavy atom. The monoisotopic (exact) mass is 340 g/mol. The van der Waals surface area contributed by atoms with Crippen molar-refractivity contribution in [1.29, 1.82) is 0 Å². The zero-order chi connectivity index (χ0) is 17.0. The number of rotatable bonds is 6. The summed E-state index contributed by atoms with van der Waals surface area (Å²) in [5.74, 6) is 0.0824. The Labute approximate surface area is 137 Å². The molecule has 1 atom stereocenters. The predicted octanol–water partition coefficient (Wildman–Crippen LogP) is 1.03. The number of aliphatic hydroxyl groups is 1. The molecule has 1 amide bonds. The van der Waals surface area contributed by atoms with Crippen LogP contribution in [0, 0.1) is 0 Å². The van der Waals surface area contributed by atoms with E-state index in [-0.39, 0.29) is 17.3 Å². The molecular formula is C16H24N2O4S. The van der Waals surface area contributed by atoms with Crippen LogP contribution in [0.25, 0.3) is 0 Å². The van der Waals surface area contributed by atoms with Gasteiger partial charge in [0.1, 0.15) is 0 Å². The molecule has 0 spiro atoms. The van der Waals surface area contributed by atoms with Crippen molar-refractivity contribution in [3.8, 4) is 0 Å². The average molecular weight is 340 g/mol. The van der Waals surface area contributed by atoms with Crippen LogP contribution < -0.4 is 4.72 Å². The lowest BCUT2D eigenvalue weighted by molar-refractivity contribution is -0.131. The number of sulfonamides is 1. The highest BCUT2D eigenvalue weighted by molar-refractivity contribution is 7.89. The normalized spacial score (nSPS) is 16.0. The molecule has 6 nitrogen and oxygen atoms in total. The van der Waals surface area contributed by atoms with Gasteiger partial charge in [0.25, 0.3) is 0 Å². The maximum atomic E-state index is 12.3. The summed E-state index contributed by atoms with van der Waals surface area (Å²) in [5.41, 5.74) is 1.98. The van der Waals surface area contributed by atoms with Crippen molar-refractivity contribution in [2.24, 2.45) is 0 Å². The van der Waals surface area contributed by atoms with Gasteiger partial charge in [-0.15, -0.1) is 0 Å². The fourth-order valence-corrected chi connectivity index (χ4v) is 3.72. The van der Waals surface area contributed by atoms with Gasteiger partial charge in [-0.05, 0) is 43.0 Å². The number of hydrogen-bond acceptors (Lipinski definition) is 4. The van der Waals surface area contributed by atoms with Gasteiger partial charge in [0.15, 0.2) is 0 Å². The van der Waals surface area contributed by atoms with Crippen molar-refractivity contribution in [3.05, 3.63) is 29.3 Å². The van der Waals surface area contributed by atoms with Gasteiger partial charge in [-0.3, -0.25) is 4.79 Å². The minimum atomic E-state index is -3.60. The van der Waals surface area contributed by atoms with Crippen LogP contribution in [0.5, 0.6) is 0 Å². The van der Waals surface area contributed by atoms with E-state index in [1.807, 2.05) is 13.0 Å². The Kier molecular flexibility index (Phi) is 5.78. The molecule has 0 radical (unpaired) electrons. The van der Waals surface area contributed by atoms with E-state index < -0.39 is 16.1 Å². The summed E-state index contributed by atoms with van der Waals surface area (Å²) in [5, 5.41) is 9.21. The van der Waals surface area contributed by atoms with E-state index in [0.29, 0.717) is 25.9 Å². The van der Waals surface area contributed by atoms with Gasteiger partial charge in [-0.2, -0.15) is 0 Å². The number of amides is 1. The summed E-state index contributed by atoms with van der Waals surface area (Å²) in [6.07, 6.45) is 1.02. The quantitative estimate of drug-likeness (QED) is 0.810. The SMILES string of the molecule is CCC(=O)N1CCc2ccc(S(=O)(=O)NCC[C@H](C)O)cc2C1. The first-order chi connectivity index (χ1) is 10.8. The van der Waals surface area contributed by atoms with Crippen LogP contribution in [-0.4, -0.2) is 43.5 Å². The highest BCUT2D eigenvalue weighted by atomic mass is 32.2. The molecule has 2 N–H and O–H groups in total. The molecule has 0 saturated carbocycles. The van der Waals surface area contributed by atoms with Crippen molar-refractivity contribution in [2.45, 2.75) is 50.7 Å².